The Morgan fingerprint density at radius 3 is 2.24 bits per heavy atom. The molecule has 1 saturated heterocycles. The van der Waals surface area contributed by atoms with Crippen molar-refractivity contribution in [3.8, 4) is 11.1 Å². The van der Waals surface area contributed by atoms with E-state index in [-0.39, 0.29) is 37.3 Å². The van der Waals surface area contributed by atoms with Gasteiger partial charge in [0.25, 0.3) is 0 Å². The average Bonchev–Trinajstić information content (AvgIpc) is 3.18. The summed E-state index contributed by atoms with van der Waals surface area (Å²) in [6.45, 7) is 1.26. The first-order chi connectivity index (χ1) is 16.5. The van der Waals surface area contributed by atoms with Gasteiger partial charge >= 0.3 is 12.1 Å². The van der Waals surface area contributed by atoms with Gasteiger partial charge < -0.3 is 24.8 Å². The van der Waals surface area contributed by atoms with Crippen molar-refractivity contribution in [1.82, 2.24) is 10.2 Å². The van der Waals surface area contributed by atoms with Gasteiger partial charge in [-0.1, -0.05) is 48.5 Å². The SMILES string of the molecule is CN(C(=O)C(CCC(=O)O)NC(=O)OCC1c2ccccc2-c2ccccc21)C1CCOCC1. The first kappa shape index (κ1) is 23.8. The molecule has 0 bridgehead atoms. The van der Waals surface area contributed by atoms with Crippen molar-refractivity contribution >= 4 is 18.0 Å². The van der Waals surface area contributed by atoms with Crippen LogP contribution >= 0.6 is 0 Å². The number of alkyl carbamates (subject to hydrolysis) is 1. The van der Waals surface area contributed by atoms with Gasteiger partial charge in [0, 0.05) is 38.6 Å². The number of hydrogen-bond acceptors (Lipinski definition) is 5. The maximum Gasteiger partial charge on any atom is 0.407 e. The molecule has 0 spiro atoms. The van der Waals surface area contributed by atoms with Crippen molar-refractivity contribution in [3.63, 3.8) is 0 Å². The number of benzene rings is 2. The van der Waals surface area contributed by atoms with E-state index in [1.54, 1.807) is 11.9 Å². The molecule has 2 aromatic carbocycles. The molecule has 8 heteroatoms. The molecule has 4 rings (SSSR count). The largest absolute Gasteiger partial charge is 0.481 e. The highest BCUT2D eigenvalue weighted by Crippen LogP contribution is 2.44. The van der Waals surface area contributed by atoms with Crippen LogP contribution in [0.4, 0.5) is 4.79 Å². The van der Waals surface area contributed by atoms with E-state index in [9.17, 15) is 14.4 Å². The highest BCUT2D eigenvalue weighted by molar-refractivity contribution is 5.86. The monoisotopic (exact) mass is 466 g/mol. The Hall–Kier alpha value is -3.39. The molecule has 2 N–H and O–H groups in total. The third-order valence-electron chi connectivity index (χ3n) is 6.67. The topological polar surface area (TPSA) is 105 Å². The third-order valence-corrected chi connectivity index (χ3v) is 6.67. The number of carboxylic acids is 1. The van der Waals surface area contributed by atoms with Crippen molar-refractivity contribution in [2.75, 3.05) is 26.9 Å². The Kier molecular flexibility index (Phi) is 7.47. The van der Waals surface area contributed by atoms with Crippen molar-refractivity contribution in [3.05, 3.63) is 59.7 Å². The molecule has 1 heterocycles. The van der Waals surface area contributed by atoms with Crippen molar-refractivity contribution in [2.24, 2.45) is 0 Å². The predicted molar refractivity (Wildman–Crippen MR) is 125 cm³/mol. The van der Waals surface area contributed by atoms with Crippen molar-refractivity contribution in [1.29, 1.82) is 0 Å². The Labute approximate surface area is 198 Å². The standard InChI is InChI=1S/C26H30N2O6/c1-28(17-12-14-33-15-13-17)25(31)23(10-11-24(29)30)27-26(32)34-16-22-20-8-4-2-6-18(20)19-7-3-5-9-21(19)22/h2-9,17,22-23H,10-16H2,1H3,(H,27,32)(H,29,30). The van der Waals surface area contributed by atoms with Gasteiger partial charge in [-0.05, 0) is 41.5 Å². The number of ether oxygens (including phenoxy) is 2. The fourth-order valence-corrected chi connectivity index (χ4v) is 4.81. The molecule has 0 saturated carbocycles. The van der Waals surface area contributed by atoms with Crippen LogP contribution in [0.3, 0.4) is 0 Å². The fraction of sp³-hybridized carbons (Fsp3) is 0.423. The van der Waals surface area contributed by atoms with Crippen LogP contribution in [-0.2, 0) is 19.1 Å². The molecule has 2 amide bonds. The molecule has 1 atom stereocenters. The number of likely N-dealkylation sites (N-methyl/N-ethyl adjacent to an activating group) is 1. The molecule has 1 fully saturated rings. The van der Waals surface area contributed by atoms with Crippen LogP contribution in [0.1, 0.15) is 42.7 Å². The zero-order valence-electron chi connectivity index (χ0n) is 19.2. The van der Waals surface area contributed by atoms with E-state index in [0.29, 0.717) is 26.1 Å². The zero-order valence-corrected chi connectivity index (χ0v) is 19.2. The second-order valence-corrected chi connectivity index (χ2v) is 8.75. The summed E-state index contributed by atoms with van der Waals surface area (Å²) in [4.78, 5) is 38.5. The van der Waals surface area contributed by atoms with E-state index in [0.717, 1.165) is 22.3 Å². The molecule has 1 aliphatic heterocycles. The van der Waals surface area contributed by atoms with Crippen LogP contribution in [0.15, 0.2) is 48.5 Å². The number of carbonyl (C=O) groups excluding carboxylic acids is 2. The average molecular weight is 467 g/mol. The minimum atomic E-state index is -1.03. The number of rotatable bonds is 8. The molecule has 2 aromatic rings. The Balaban J connectivity index is 1.42. The van der Waals surface area contributed by atoms with Crippen LogP contribution in [0.5, 0.6) is 0 Å². The molecule has 180 valence electrons. The summed E-state index contributed by atoms with van der Waals surface area (Å²) in [5, 5.41) is 11.7. The number of nitrogens with zero attached hydrogens (tertiary/aromatic N) is 1. The lowest BCUT2D eigenvalue weighted by molar-refractivity contribution is -0.138. The lowest BCUT2D eigenvalue weighted by Crippen LogP contribution is -2.51. The number of nitrogens with one attached hydrogen (secondary N) is 1. The van der Waals surface area contributed by atoms with Crippen LogP contribution in [0.25, 0.3) is 11.1 Å². The molecule has 8 nitrogen and oxygen atoms in total. The highest BCUT2D eigenvalue weighted by atomic mass is 16.5. The van der Waals surface area contributed by atoms with Gasteiger partial charge in [0.15, 0.2) is 0 Å². The van der Waals surface area contributed by atoms with E-state index >= 15 is 0 Å². The van der Waals surface area contributed by atoms with E-state index in [4.69, 9.17) is 14.6 Å². The molecular weight excluding hydrogens is 436 g/mol. The van der Waals surface area contributed by atoms with Crippen LogP contribution in [-0.4, -0.2) is 66.9 Å². The minimum absolute atomic E-state index is 0.00195. The number of amides is 2. The van der Waals surface area contributed by atoms with Crippen LogP contribution in [0, 0.1) is 0 Å². The zero-order chi connectivity index (χ0) is 24.1. The highest BCUT2D eigenvalue weighted by Gasteiger charge is 2.32. The normalized spacial score (nSPS) is 16.3. The summed E-state index contributed by atoms with van der Waals surface area (Å²) >= 11 is 0. The fourth-order valence-electron chi connectivity index (χ4n) is 4.81. The molecule has 1 unspecified atom stereocenters. The number of aliphatic carboxylic acids is 1. The molecular formula is C26H30N2O6. The first-order valence-corrected chi connectivity index (χ1v) is 11.6. The third kappa shape index (κ3) is 5.22. The Morgan fingerprint density at radius 2 is 1.65 bits per heavy atom. The molecule has 0 radical (unpaired) electrons. The number of carboxylic acid groups (broad SMARTS) is 1. The van der Waals surface area contributed by atoms with Crippen LogP contribution in [0.2, 0.25) is 0 Å². The molecule has 2 aliphatic rings. The molecule has 1 aliphatic carbocycles. The molecule has 34 heavy (non-hydrogen) atoms. The number of carbonyl (C=O) groups is 3. The van der Waals surface area contributed by atoms with Gasteiger partial charge in [0.2, 0.25) is 5.91 Å². The van der Waals surface area contributed by atoms with Crippen molar-refractivity contribution < 1.29 is 29.0 Å². The lowest BCUT2D eigenvalue weighted by Gasteiger charge is -2.33. The summed E-state index contributed by atoms with van der Waals surface area (Å²) in [5.41, 5.74) is 4.43. The van der Waals surface area contributed by atoms with Gasteiger partial charge in [-0.3, -0.25) is 9.59 Å². The summed E-state index contributed by atoms with van der Waals surface area (Å²) < 4.78 is 10.9. The van der Waals surface area contributed by atoms with Crippen molar-refractivity contribution in [2.45, 2.75) is 43.7 Å². The van der Waals surface area contributed by atoms with E-state index in [1.165, 1.54) is 0 Å². The van der Waals surface area contributed by atoms with Gasteiger partial charge in [-0.2, -0.15) is 0 Å². The predicted octanol–water partition coefficient (Wildman–Crippen LogP) is 3.40. The van der Waals surface area contributed by atoms with Gasteiger partial charge in [0.05, 0.1) is 0 Å². The summed E-state index contributed by atoms with van der Waals surface area (Å²) in [6, 6.07) is 15.1. The minimum Gasteiger partial charge on any atom is -0.481 e. The van der Waals surface area contributed by atoms with Gasteiger partial charge in [0.1, 0.15) is 12.6 Å². The Morgan fingerprint density at radius 1 is 1.06 bits per heavy atom. The maximum absolute atomic E-state index is 13.1. The summed E-state index contributed by atoms with van der Waals surface area (Å²) in [5.74, 6) is -1.45. The van der Waals surface area contributed by atoms with Crippen LogP contribution < -0.4 is 5.32 Å². The summed E-state index contributed by atoms with van der Waals surface area (Å²) in [7, 11) is 1.69. The lowest BCUT2D eigenvalue weighted by atomic mass is 9.98. The summed E-state index contributed by atoms with van der Waals surface area (Å²) in [6.07, 6.45) is 0.441. The van der Waals surface area contributed by atoms with E-state index in [1.807, 2.05) is 36.4 Å². The van der Waals surface area contributed by atoms with E-state index < -0.39 is 18.1 Å². The Bertz CT molecular complexity index is 1000. The maximum atomic E-state index is 13.1. The second kappa shape index (κ2) is 10.7. The quantitative estimate of drug-likeness (QED) is 0.618. The number of hydrogen-bond donors (Lipinski definition) is 2. The van der Waals surface area contributed by atoms with E-state index in [2.05, 4.69) is 17.4 Å². The molecule has 0 aromatic heterocycles. The first-order valence-electron chi connectivity index (χ1n) is 11.6. The number of fused-ring (bicyclic) bond motifs is 3. The second-order valence-electron chi connectivity index (χ2n) is 8.75. The van der Waals surface area contributed by atoms with Gasteiger partial charge in [-0.15, -0.1) is 0 Å². The van der Waals surface area contributed by atoms with Gasteiger partial charge in [-0.25, -0.2) is 4.79 Å². The smallest absolute Gasteiger partial charge is 0.407 e.